The van der Waals surface area contributed by atoms with Gasteiger partial charge in [0.2, 0.25) is 0 Å². The van der Waals surface area contributed by atoms with Gasteiger partial charge in [-0.2, -0.15) is 0 Å². The van der Waals surface area contributed by atoms with Crippen molar-refractivity contribution in [3.63, 3.8) is 0 Å². The fourth-order valence-corrected chi connectivity index (χ4v) is 4.27. The van der Waals surface area contributed by atoms with E-state index in [9.17, 15) is 4.79 Å². The number of esters is 1. The largest absolute Gasteiger partial charge is 0.496 e. The summed E-state index contributed by atoms with van der Waals surface area (Å²) in [6.45, 7) is 2.58. The highest BCUT2D eigenvalue weighted by Gasteiger charge is 2.48. The van der Waals surface area contributed by atoms with Crippen LogP contribution in [0, 0.1) is 6.92 Å². The second-order valence-electron chi connectivity index (χ2n) is 7.75. The zero-order valence-electron chi connectivity index (χ0n) is 17.8. The maximum Gasteiger partial charge on any atom is 0.331 e. The van der Waals surface area contributed by atoms with Gasteiger partial charge >= 0.3 is 5.97 Å². The molecule has 0 saturated carbocycles. The quantitative estimate of drug-likeness (QED) is 0.615. The molecule has 2 heterocycles. The van der Waals surface area contributed by atoms with Gasteiger partial charge < -0.3 is 9.47 Å². The molecule has 0 amide bonds. The first-order valence-corrected chi connectivity index (χ1v) is 9.98. The van der Waals surface area contributed by atoms with Crippen molar-refractivity contribution in [2.75, 3.05) is 21.3 Å². The summed E-state index contributed by atoms with van der Waals surface area (Å²) >= 11 is 0. The van der Waals surface area contributed by atoms with E-state index in [1.165, 1.54) is 7.11 Å². The molecule has 154 valence electrons. The van der Waals surface area contributed by atoms with Crippen LogP contribution in [0.15, 0.2) is 60.7 Å². The van der Waals surface area contributed by atoms with Gasteiger partial charge in [-0.3, -0.25) is 9.88 Å². The number of aryl methyl sites for hydroxylation is 1. The van der Waals surface area contributed by atoms with Gasteiger partial charge in [0.1, 0.15) is 11.3 Å². The van der Waals surface area contributed by atoms with Crippen LogP contribution >= 0.6 is 0 Å². The number of methoxy groups -OCH3 is 2. The van der Waals surface area contributed by atoms with Crippen LogP contribution in [0.25, 0.3) is 11.3 Å². The molecule has 0 spiro atoms. The molecule has 5 nitrogen and oxygen atoms in total. The minimum absolute atomic E-state index is 0.256. The van der Waals surface area contributed by atoms with Gasteiger partial charge in [0.05, 0.1) is 25.6 Å². The smallest absolute Gasteiger partial charge is 0.331 e. The van der Waals surface area contributed by atoms with Gasteiger partial charge in [-0.1, -0.05) is 48.0 Å². The van der Waals surface area contributed by atoms with E-state index in [-0.39, 0.29) is 5.97 Å². The van der Waals surface area contributed by atoms with Gasteiger partial charge in [0.15, 0.2) is 0 Å². The Morgan fingerprint density at radius 3 is 2.47 bits per heavy atom. The van der Waals surface area contributed by atoms with Crippen molar-refractivity contribution in [1.82, 2.24) is 9.88 Å². The summed E-state index contributed by atoms with van der Waals surface area (Å²) in [6, 6.07) is 20.0. The first kappa shape index (κ1) is 20.1. The normalized spacial score (nSPS) is 18.5. The Kier molecular flexibility index (Phi) is 5.31. The van der Waals surface area contributed by atoms with E-state index in [1.54, 1.807) is 7.11 Å². The molecular formula is C25H26N2O3. The molecule has 4 rings (SSSR count). The molecule has 0 fully saturated rings. The van der Waals surface area contributed by atoms with Crippen molar-refractivity contribution in [2.24, 2.45) is 0 Å². The molecule has 2 aromatic carbocycles. The SMILES string of the molecule is COC(=O)C1(c2ccc(C)cc2)Cc2ccc(-c3ccccc3OC)nc2CN1C. The molecule has 30 heavy (non-hydrogen) atoms. The number of aromatic nitrogens is 1. The lowest BCUT2D eigenvalue weighted by atomic mass is 9.78. The predicted molar refractivity (Wildman–Crippen MR) is 116 cm³/mol. The monoisotopic (exact) mass is 402 g/mol. The van der Waals surface area contributed by atoms with E-state index >= 15 is 0 Å². The lowest BCUT2D eigenvalue weighted by Gasteiger charge is -2.43. The molecular weight excluding hydrogens is 376 g/mol. The number of ether oxygens (including phenoxy) is 2. The van der Waals surface area contributed by atoms with Crippen molar-refractivity contribution < 1.29 is 14.3 Å². The molecule has 0 bridgehead atoms. The van der Waals surface area contributed by atoms with Crippen molar-refractivity contribution in [3.05, 3.63) is 83.0 Å². The first-order chi connectivity index (χ1) is 14.5. The summed E-state index contributed by atoms with van der Waals surface area (Å²) in [7, 11) is 5.07. The van der Waals surface area contributed by atoms with Crippen LogP contribution in [-0.2, 0) is 28.0 Å². The van der Waals surface area contributed by atoms with E-state index in [0.717, 1.165) is 39.4 Å². The standard InChI is InChI=1S/C25H26N2O3/c1-17-9-12-19(13-10-17)25(24(28)30-4)15-18-11-14-21(26-22(18)16-27(25)2)20-7-5-6-8-23(20)29-3/h5-14H,15-16H2,1-4H3. The summed E-state index contributed by atoms with van der Waals surface area (Å²) in [5.74, 6) is 0.533. The number of nitrogens with zero attached hydrogens (tertiary/aromatic N) is 2. The average Bonchev–Trinajstić information content (AvgIpc) is 2.78. The van der Waals surface area contributed by atoms with Crippen LogP contribution in [0.3, 0.4) is 0 Å². The molecule has 0 aliphatic carbocycles. The number of fused-ring (bicyclic) bond motifs is 1. The second-order valence-corrected chi connectivity index (χ2v) is 7.75. The van der Waals surface area contributed by atoms with Crippen LogP contribution in [0.5, 0.6) is 5.75 Å². The van der Waals surface area contributed by atoms with Crippen molar-refractivity contribution in [1.29, 1.82) is 0 Å². The molecule has 1 aliphatic rings. The molecule has 0 N–H and O–H groups in total. The lowest BCUT2D eigenvalue weighted by Crippen LogP contribution is -2.54. The minimum atomic E-state index is -0.872. The zero-order valence-corrected chi connectivity index (χ0v) is 17.8. The highest BCUT2D eigenvalue weighted by atomic mass is 16.5. The van der Waals surface area contributed by atoms with Gasteiger partial charge in [-0.15, -0.1) is 0 Å². The van der Waals surface area contributed by atoms with Crippen molar-refractivity contribution in [3.8, 4) is 17.0 Å². The second kappa shape index (κ2) is 7.92. The third kappa shape index (κ3) is 3.25. The summed E-state index contributed by atoms with van der Waals surface area (Å²) in [5.41, 5.74) is 5.05. The van der Waals surface area contributed by atoms with Crippen molar-refractivity contribution >= 4 is 5.97 Å². The fourth-order valence-electron chi connectivity index (χ4n) is 4.27. The third-order valence-corrected chi connectivity index (χ3v) is 5.99. The summed E-state index contributed by atoms with van der Waals surface area (Å²) in [6.07, 6.45) is 0.508. The molecule has 1 atom stereocenters. The Labute approximate surface area is 177 Å². The third-order valence-electron chi connectivity index (χ3n) is 5.99. The topological polar surface area (TPSA) is 51.7 Å². The summed E-state index contributed by atoms with van der Waals surface area (Å²) < 4.78 is 10.8. The number of carbonyl (C=O) groups excluding carboxylic acids is 1. The number of hydrogen-bond acceptors (Lipinski definition) is 5. The maximum absolute atomic E-state index is 13.1. The van der Waals surface area contributed by atoms with Crippen LogP contribution in [0.1, 0.15) is 22.4 Å². The maximum atomic E-state index is 13.1. The summed E-state index contributed by atoms with van der Waals surface area (Å²) in [4.78, 5) is 20.0. The van der Waals surface area contributed by atoms with Crippen LogP contribution in [-0.4, -0.2) is 37.1 Å². The molecule has 0 saturated heterocycles. The Hall–Kier alpha value is -3.18. The van der Waals surface area contributed by atoms with Crippen molar-refractivity contribution in [2.45, 2.75) is 25.4 Å². The van der Waals surface area contributed by atoms with Gasteiger partial charge in [0, 0.05) is 18.5 Å². The molecule has 5 heteroatoms. The molecule has 1 aromatic heterocycles. The number of carbonyl (C=O) groups is 1. The highest BCUT2D eigenvalue weighted by Crippen LogP contribution is 2.40. The molecule has 3 aromatic rings. The Morgan fingerprint density at radius 1 is 1.03 bits per heavy atom. The van der Waals surface area contributed by atoms with E-state index in [1.807, 2.05) is 73.5 Å². The molecule has 1 unspecified atom stereocenters. The minimum Gasteiger partial charge on any atom is -0.496 e. The number of hydrogen-bond donors (Lipinski definition) is 0. The fraction of sp³-hybridized carbons (Fsp3) is 0.280. The molecule has 0 radical (unpaired) electrons. The lowest BCUT2D eigenvalue weighted by molar-refractivity contribution is -0.156. The van der Waals surface area contributed by atoms with Gasteiger partial charge in [0.25, 0.3) is 0 Å². The van der Waals surface area contributed by atoms with Crippen LogP contribution in [0.2, 0.25) is 0 Å². The average molecular weight is 402 g/mol. The number of likely N-dealkylation sites (N-methyl/N-ethyl adjacent to an activating group) is 1. The van der Waals surface area contributed by atoms with E-state index in [2.05, 4.69) is 6.07 Å². The number of para-hydroxylation sites is 1. The number of rotatable bonds is 4. The van der Waals surface area contributed by atoms with E-state index in [0.29, 0.717) is 13.0 Å². The van der Waals surface area contributed by atoms with E-state index in [4.69, 9.17) is 14.5 Å². The Bertz CT molecular complexity index is 1080. The zero-order chi connectivity index (χ0) is 21.3. The van der Waals surface area contributed by atoms with Crippen LogP contribution < -0.4 is 4.74 Å². The highest BCUT2D eigenvalue weighted by molar-refractivity contribution is 5.83. The van der Waals surface area contributed by atoms with Gasteiger partial charge in [-0.25, -0.2) is 4.79 Å². The predicted octanol–water partition coefficient (Wildman–Crippen LogP) is 4.12. The van der Waals surface area contributed by atoms with Gasteiger partial charge in [-0.05, 0) is 43.3 Å². The Balaban J connectivity index is 1.79. The Morgan fingerprint density at radius 2 is 1.77 bits per heavy atom. The van der Waals surface area contributed by atoms with E-state index < -0.39 is 5.54 Å². The number of pyridine rings is 1. The first-order valence-electron chi connectivity index (χ1n) is 9.98. The summed E-state index contributed by atoms with van der Waals surface area (Å²) in [5, 5.41) is 0. The van der Waals surface area contributed by atoms with Crippen LogP contribution in [0.4, 0.5) is 0 Å². The molecule has 1 aliphatic heterocycles. The number of benzene rings is 2.